The third-order valence-electron chi connectivity index (χ3n) is 2.59. The number of carbonyl (C=O) groups is 2. The van der Waals surface area contributed by atoms with Gasteiger partial charge in [-0.05, 0) is 24.3 Å². The molecule has 0 aromatic carbocycles. The standard InChI is InChI=1S/C11H14F2N2O3S/c12-9(13)11(14,10(17)18)4-2-5-15-8(16)7-3-1-6-19-7/h1,3,6,9H,2,4-5,14H2,(H,15,16)(H,17,18). The maximum atomic E-state index is 12.6. The average Bonchev–Trinajstić information content (AvgIpc) is 2.87. The van der Waals surface area contributed by atoms with Crippen LogP contribution in [0.5, 0.6) is 0 Å². The van der Waals surface area contributed by atoms with Gasteiger partial charge in [-0.3, -0.25) is 4.79 Å². The summed E-state index contributed by atoms with van der Waals surface area (Å²) in [5.41, 5.74) is 2.57. The minimum atomic E-state index is -3.15. The van der Waals surface area contributed by atoms with Crippen molar-refractivity contribution in [2.45, 2.75) is 24.8 Å². The Morgan fingerprint density at radius 2 is 2.21 bits per heavy atom. The van der Waals surface area contributed by atoms with Gasteiger partial charge >= 0.3 is 5.97 Å². The molecule has 1 unspecified atom stereocenters. The van der Waals surface area contributed by atoms with E-state index in [2.05, 4.69) is 5.32 Å². The molecular weight excluding hydrogens is 278 g/mol. The van der Waals surface area contributed by atoms with E-state index in [4.69, 9.17) is 10.8 Å². The Morgan fingerprint density at radius 1 is 1.53 bits per heavy atom. The second-order valence-electron chi connectivity index (χ2n) is 3.98. The predicted molar refractivity (Wildman–Crippen MR) is 66.4 cm³/mol. The third-order valence-corrected chi connectivity index (χ3v) is 3.45. The molecule has 0 aliphatic rings. The number of hydrogen-bond acceptors (Lipinski definition) is 4. The van der Waals surface area contributed by atoms with Gasteiger partial charge in [0.15, 0.2) is 5.54 Å². The van der Waals surface area contributed by atoms with Crippen LogP contribution in [0.2, 0.25) is 0 Å². The average molecular weight is 292 g/mol. The lowest BCUT2D eigenvalue weighted by atomic mass is 9.95. The van der Waals surface area contributed by atoms with Crippen LogP contribution in [-0.4, -0.2) is 35.5 Å². The first kappa shape index (κ1) is 15.5. The summed E-state index contributed by atoms with van der Waals surface area (Å²) in [5.74, 6) is -2.06. The van der Waals surface area contributed by atoms with Gasteiger partial charge in [-0.1, -0.05) is 6.07 Å². The van der Waals surface area contributed by atoms with Crippen LogP contribution < -0.4 is 11.1 Å². The number of alkyl halides is 2. The Kier molecular flexibility index (Phi) is 5.37. The molecule has 1 aromatic heterocycles. The number of carboxylic acids is 1. The quantitative estimate of drug-likeness (QED) is 0.661. The van der Waals surface area contributed by atoms with Crippen LogP contribution in [0, 0.1) is 0 Å². The smallest absolute Gasteiger partial charge is 0.329 e. The van der Waals surface area contributed by atoms with E-state index in [1.165, 1.54) is 11.3 Å². The number of carboxylic acid groups (broad SMARTS) is 1. The minimum absolute atomic E-state index is 0.0598. The highest BCUT2D eigenvalue weighted by Crippen LogP contribution is 2.19. The fourth-order valence-corrected chi connectivity index (χ4v) is 2.03. The number of aliphatic carboxylic acids is 1. The van der Waals surface area contributed by atoms with Gasteiger partial charge in [0, 0.05) is 6.54 Å². The largest absolute Gasteiger partial charge is 0.480 e. The number of carbonyl (C=O) groups excluding carboxylic acids is 1. The van der Waals surface area contributed by atoms with E-state index in [1.54, 1.807) is 17.5 Å². The van der Waals surface area contributed by atoms with E-state index in [0.29, 0.717) is 4.88 Å². The first-order chi connectivity index (χ1) is 8.88. The molecule has 5 nitrogen and oxygen atoms in total. The molecule has 1 heterocycles. The van der Waals surface area contributed by atoms with E-state index < -0.39 is 24.4 Å². The molecule has 0 aliphatic heterocycles. The van der Waals surface area contributed by atoms with Gasteiger partial charge in [0.05, 0.1) is 4.88 Å². The minimum Gasteiger partial charge on any atom is -0.480 e. The zero-order chi connectivity index (χ0) is 14.5. The molecule has 0 spiro atoms. The van der Waals surface area contributed by atoms with Gasteiger partial charge in [-0.2, -0.15) is 0 Å². The Hall–Kier alpha value is -1.54. The van der Waals surface area contributed by atoms with Crippen molar-refractivity contribution in [1.29, 1.82) is 0 Å². The van der Waals surface area contributed by atoms with Gasteiger partial charge < -0.3 is 16.2 Å². The van der Waals surface area contributed by atoms with Crippen LogP contribution in [0.4, 0.5) is 8.78 Å². The summed E-state index contributed by atoms with van der Waals surface area (Å²) in [5, 5.41) is 12.9. The molecule has 0 radical (unpaired) electrons. The molecule has 106 valence electrons. The van der Waals surface area contributed by atoms with Crippen molar-refractivity contribution in [3.8, 4) is 0 Å². The van der Waals surface area contributed by atoms with Gasteiger partial charge in [0.1, 0.15) is 0 Å². The number of halogens is 2. The number of amides is 1. The second kappa shape index (κ2) is 6.58. The molecule has 1 atom stereocenters. The molecule has 0 aliphatic carbocycles. The number of rotatable bonds is 7. The summed E-state index contributed by atoms with van der Waals surface area (Å²) < 4.78 is 25.1. The van der Waals surface area contributed by atoms with Crippen LogP contribution >= 0.6 is 11.3 Å². The molecule has 0 bridgehead atoms. The molecule has 0 fully saturated rings. The second-order valence-corrected chi connectivity index (χ2v) is 4.93. The molecule has 4 N–H and O–H groups in total. The van der Waals surface area contributed by atoms with Gasteiger partial charge in [-0.25, -0.2) is 13.6 Å². The van der Waals surface area contributed by atoms with Crippen molar-refractivity contribution >= 4 is 23.2 Å². The summed E-state index contributed by atoms with van der Waals surface area (Å²) in [4.78, 5) is 22.7. The van der Waals surface area contributed by atoms with Crippen molar-refractivity contribution in [2.24, 2.45) is 5.73 Å². The summed E-state index contributed by atoms with van der Waals surface area (Å²) in [6.45, 7) is 0.0929. The van der Waals surface area contributed by atoms with E-state index in [9.17, 15) is 18.4 Å². The van der Waals surface area contributed by atoms with Crippen LogP contribution in [0.3, 0.4) is 0 Å². The Morgan fingerprint density at radius 3 is 2.68 bits per heavy atom. The molecular formula is C11H14F2N2O3S. The third kappa shape index (κ3) is 3.97. The van der Waals surface area contributed by atoms with Crippen molar-refractivity contribution in [3.63, 3.8) is 0 Å². The lowest BCUT2D eigenvalue weighted by Gasteiger charge is -2.23. The fraction of sp³-hybridized carbons (Fsp3) is 0.455. The van der Waals surface area contributed by atoms with E-state index in [0.717, 1.165) is 0 Å². The SMILES string of the molecule is NC(CCCNC(=O)c1cccs1)(C(=O)O)C(F)F. The zero-order valence-electron chi connectivity index (χ0n) is 9.94. The summed E-state index contributed by atoms with van der Waals surface area (Å²) >= 11 is 1.25. The first-order valence-electron chi connectivity index (χ1n) is 5.50. The lowest BCUT2D eigenvalue weighted by Crippen LogP contribution is -2.54. The number of nitrogens with two attached hydrogens (primary N) is 1. The maximum absolute atomic E-state index is 12.6. The molecule has 0 saturated carbocycles. The Labute approximate surface area is 112 Å². The van der Waals surface area contributed by atoms with E-state index in [1.807, 2.05) is 0 Å². The molecule has 8 heteroatoms. The molecule has 0 saturated heterocycles. The summed E-state index contributed by atoms with van der Waals surface area (Å²) in [6.07, 6.45) is -3.51. The normalized spacial score (nSPS) is 14.1. The topological polar surface area (TPSA) is 92.4 Å². The van der Waals surface area contributed by atoms with E-state index >= 15 is 0 Å². The van der Waals surface area contributed by atoms with Gasteiger partial charge in [-0.15, -0.1) is 11.3 Å². The van der Waals surface area contributed by atoms with Crippen LogP contribution in [0.1, 0.15) is 22.5 Å². The van der Waals surface area contributed by atoms with Crippen LogP contribution in [0.15, 0.2) is 17.5 Å². The monoisotopic (exact) mass is 292 g/mol. The van der Waals surface area contributed by atoms with Crippen LogP contribution in [-0.2, 0) is 4.79 Å². The summed E-state index contributed by atoms with van der Waals surface area (Å²) in [7, 11) is 0. The Balaban J connectivity index is 2.38. The summed E-state index contributed by atoms with van der Waals surface area (Å²) in [6, 6.07) is 3.34. The molecule has 1 aromatic rings. The van der Waals surface area contributed by atoms with Gasteiger partial charge in [0.25, 0.3) is 12.3 Å². The van der Waals surface area contributed by atoms with Crippen molar-refractivity contribution in [3.05, 3.63) is 22.4 Å². The van der Waals surface area contributed by atoms with E-state index in [-0.39, 0.29) is 18.9 Å². The van der Waals surface area contributed by atoms with Crippen LogP contribution in [0.25, 0.3) is 0 Å². The van der Waals surface area contributed by atoms with Crippen molar-refractivity contribution < 1.29 is 23.5 Å². The highest BCUT2D eigenvalue weighted by atomic mass is 32.1. The number of nitrogens with one attached hydrogen (secondary N) is 1. The zero-order valence-corrected chi connectivity index (χ0v) is 10.8. The highest BCUT2D eigenvalue weighted by molar-refractivity contribution is 7.12. The van der Waals surface area contributed by atoms with Crippen molar-refractivity contribution in [1.82, 2.24) is 5.32 Å². The lowest BCUT2D eigenvalue weighted by molar-refractivity contribution is -0.150. The van der Waals surface area contributed by atoms with Crippen molar-refractivity contribution in [2.75, 3.05) is 6.54 Å². The fourth-order valence-electron chi connectivity index (χ4n) is 1.39. The molecule has 1 amide bonds. The highest BCUT2D eigenvalue weighted by Gasteiger charge is 2.43. The van der Waals surface area contributed by atoms with Gasteiger partial charge in [0.2, 0.25) is 0 Å². The molecule has 1 rings (SSSR count). The maximum Gasteiger partial charge on any atom is 0.329 e. The predicted octanol–water partition coefficient (Wildman–Crippen LogP) is 1.31. The first-order valence-corrected chi connectivity index (χ1v) is 6.38. The molecule has 19 heavy (non-hydrogen) atoms. The number of thiophene rings is 1. The Bertz CT molecular complexity index is 439. The number of hydrogen-bond donors (Lipinski definition) is 3.